The van der Waals surface area contributed by atoms with Crippen LogP contribution in [0.4, 0.5) is 5.69 Å². The van der Waals surface area contributed by atoms with Crippen molar-refractivity contribution < 1.29 is 33.4 Å². The second-order valence-corrected chi connectivity index (χ2v) is 12.7. The average molecular weight is 657 g/mol. The molecule has 3 aromatic carbocycles. The number of esters is 2. The number of fused-ring (bicyclic) bond motifs is 1. The molecule has 48 heavy (non-hydrogen) atoms. The van der Waals surface area contributed by atoms with Crippen LogP contribution in [-0.4, -0.2) is 66.4 Å². The van der Waals surface area contributed by atoms with E-state index in [-0.39, 0.29) is 49.8 Å². The van der Waals surface area contributed by atoms with Gasteiger partial charge in [0.15, 0.2) is 0 Å². The summed E-state index contributed by atoms with van der Waals surface area (Å²) >= 11 is 0. The Hall–Kier alpha value is -5.03. The fraction of sp³-hybridized carbons (Fsp3) is 0.378. The lowest BCUT2D eigenvalue weighted by Crippen LogP contribution is -2.45. The van der Waals surface area contributed by atoms with E-state index < -0.39 is 41.6 Å². The van der Waals surface area contributed by atoms with Gasteiger partial charge in [0, 0.05) is 20.0 Å². The van der Waals surface area contributed by atoms with Crippen molar-refractivity contribution >= 4 is 35.3 Å². The normalized spacial score (nSPS) is 16.0. The quantitative estimate of drug-likeness (QED) is 0.275. The highest BCUT2D eigenvalue weighted by Crippen LogP contribution is 2.41. The Morgan fingerprint density at radius 1 is 0.958 bits per heavy atom. The van der Waals surface area contributed by atoms with Crippen LogP contribution < -0.4 is 16.0 Å². The number of nitrogens with two attached hydrogens (primary N) is 1. The van der Waals surface area contributed by atoms with Crippen LogP contribution in [0.2, 0.25) is 0 Å². The molecule has 1 aliphatic heterocycles. The van der Waals surface area contributed by atoms with Crippen molar-refractivity contribution in [3.63, 3.8) is 0 Å². The molecule has 11 nitrogen and oxygen atoms in total. The summed E-state index contributed by atoms with van der Waals surface area (Å²) in [5, 5.41) is 2.67. The van der Waals surface area contributed by atoms with Crippen molar-refractivity contribution in [1.82, 2.24) is 10.2 Å². The number of likely N-dealkylation sites (N-methyl/N-ethyl adjacent to an activating group) is 1. The first-order chi connectivity index (χ1) is 22.8. The average Bonchev–Trinajstić information content (AvgIpc) is 3.14. The summed E-state index contributed by atoms with van der Waals surface area (Å²) in [5.74, 6) is -2.22. The van der Waals surface area contributed by atoms with Gasteiger partial charge in [-0.05, 0) is 62.9 Å². The Morgan fingerprint density at radius 2 is 1.60 bits per heavy atom. The number of nitrogens with zero attached hydrogens (tertiary/aromatic N) is 2. The Labute approximate surface area is 281 Å². The minimum absolute atomic E-state index is 0.0641. The van der Waals surface area contributed by atoms with E-state index in [2.05, 4.69) is 5.32 Å². The van der Waals surface area contributed by atoms with E-state index in [0.717, 1.165) is 0 Å². The molecule has 11 heteroatoms. The van der Waals surface area contributed by atoms with E-state index >= 15 is 0 Å². The van der Waals surface area contributed by atoms with Gasteiger partial charge < -0.3 is 30.3 Å². The molecule has 0 saturated heterocycles. The van der Waals surface area contributed by atoms with E-state index in [9.17, 15) is 24.0 Å². The molecular formula is C37H44N4O7. The van der Waals surface area contributed by atoms with Gasteiger partial charge in [-0.2, -0.15) is 0 Å². The Morgan fingerprint density at radius 3 is 2.23 bits per heavy atom. The maximum absolute atomic E-state index is 14.8. The number of rotatable bonds is 12. The highest BCUT2D eigenvalue weighted by Gasteiger charge is 2.43. The highest BCUT2D eigenvalue weighted by atomic mass is 16.6. The summed E-state index contributed by atoms with van der Waals surface area (Å²) in [7, 11) is 1.62. The van der Waals surface area contributed by atoms with E-state index in [1.54, 1.807) is 77.2 Å². The molecule has 1 heterocycles. The zero-order chi connectivity index (χ0) is 35.0. The highest BCUT2D eigenvalue weighted by molar-refractivity contribution is 6.11. The topological polar surface area (TPSA) is 148 Å². The molecule has 4 rings (SSSR count). The maximum atomic E-state index is 14.8. The number of carbonyl (C=O) groups is 5. The maximum Gasteiger partial charge on any atom is 0.325 e. The second kappa shape index (κ2) is 15.7. The molecule has 0 saturated carbocycles. The summed E-state index contributed by atoms with van der Waals surface area (Å²) in [4.78, 5) is 69.8. The van der Waals surface area contributed by atoms with Crippen LogP contribution in [-0.2, 0) is 35.1 Å². The molecule has 0 bridgehead atoms. The van der Waals surface area contributed by atoms with Crippen LogP contribution >= 0.6 is 0 Å². The summed E-state index contributed by atoms with van der Waals surface area (Å²) < 4.78 is 10.6. The van der Waals surface area contributed by atoms with Gasteiger partial charge >= 0.3 is 11.9 Å². The monoisotopic (exact) mass is 656 g/mol. The first-order valence-corrected chi connectivity index (χ1v) is 16.0. The van der Waals surface area contributed by atoms with E-state index in [0.29, 0.717) is 22.4 Å². The van der Waals surface area contributed by atoms with Crippen LogP contribution in [0.5, 0.6) is 0 Å². The molecule has 254 valence electrons. The van der Waals surface area contributed by atoms with Gasteiger partial charge in [0.2, 0.25) is 5.91 Å². The molecule has 0 spiro atoms. The molecule has 0 aromatic heterocycles. The van der Waals surface area contributed by atoms with Gasteiger partial charge in [-0.15, -0.1) is 0 Å². The summed E-state index contributed by atoms with van der Waals surface area (Å²) in [6.45, 7) is 7.01. The number of hydrogen-bond donors (Lipinski definition) is 2. The number of benzene rings is 3. The minimum atomic E-state index is -1.04. The number of amides is 3. The van der Waals surface area contributed by atoms with Gasteiger partial charge in [-0.1, -0.05) is 66.7 Å². The van der Waals surface area contributed by atoms with Gasteiger partial charge in [-0.3, -0.25) is 24.0 Å². The lowest BCUT2D eigenvalue weighted by Gasteiger charge is -2.37. The van der Waals surface area contributed by atoms with Crippen molar-refractivity contribution in [2.75, 3.05) is 25.1 Å². The van der Waals surface area contributed by atoms with Crippen LogP contribution in [0.1, 0.15) is 79.7 Å². The van der Waals surface area contributed by atoms with Crippen molar-refractivity contribution in [2.45, 2.75) is 70.7 Å². The van der Waals surface area contributed by atoms with Gasteiger partial charge in [0.1, 0.15) is 17.7 Å². The van der Waals surface area contributed by atoms with Gasteiger partial charge in [0.25, 0.3) is 11.8 Å². The summed E-state index contributed by atoms with van der Waals surface area (Å²) in [5.41, 5.74) is 7.84. The Bertz CT molecular complexity index is 1620. The molecule has 0 radical (unpaired) electrons. The van der Waals surface area contributed by atoms with Crippen molar-refractivity contribution in [1.29, 1.82) is 0 Å². The van der Waals surface area contributed by atoms with Crippen molar-refractivity contribution in [3.8, 4) is 0 Å². The standard InChI is InChI=1S/C37H44N4O7/c1-6-47-32(43)22-30(25-13-9-7-10-14-25)41-33(26-15-11-8-12-16-26)35(45)40(5)29-19-17-24(21-27(29)34(41)44)18-20-31(42)39-23-28(38)36(46)48-37(2,3)4/h7-17,19,21,28,30,33H,6,18,20,22-23,38H2,1-5H3,(H,39,42). The molecular weight excluding hydrogens is 612 g/mol. The van der Waals surface area contributed by atoms with E-state index in [1.165, 1.54) is 9.80 Å². The number of carbonyl (C=O) groups excluding carboxylic acids is 5. The number of ether oxygens (including phenoxy) is 2. The zero-order valence-electron chi connectivity index (χ0n) is 28.1. The third-order valence-corrected chi connectivity index (χ3v) is 7.90. The SMILES string of the molecule is CCOC(=O)CC(c1ccccc1)N1C(=O)c2cc(CCC(=O)NCC(N)C(=O)OC(C)(C)C)ccc2N(C)C(=O)C1c1ccccc1. The first-order valence-electron chi connectivity index (χ1n) is 16.0. The fourth-order valence-electron chi connectivity index (χ4n) is 5.60. The largest absolute Gasteiger partial charge is 0.466 e. The predicted octanol–water partition coefficient (Wildman–Crippen LogP) is 4.26. The van der Waals surface area contributed by atoms with Gasteiger partial charge in [-0.25, -0.2) is 0 Å². The number of anilines is 1. The number of hydrogen-bond acceptors (Lipinski definition) is 8. The molecule has 3 amide bonds. The van der Waals surface area contributed by atoms with Crippen LogP contribution in [0.3, 0.4) is 0 Å². The third kappa shape index (κ3) is 8.86. The van der Waals surface area contributed by atoms with Crippen LogP contribution in [0.15, 0.2) is 78.9 Å². The predicted molar refractivity (Wildman–Crippen MR) is 181 cm³/mol. The van der Waals surface area contributed by atoms with Crippen molar-refractivity contribution in [2.24, 2.45) is 5.73 Å². The Balaban J connectivity index is 1.66. The minimum Gasteiger partial charge on any atom is -0.466 e. The molecule has 3 unspecified atom stereocenters. The molecule has 3 N–H and O–H groups in total. The Kier molecular flexibility index (Phi) is 11.7. The van der Waals surface area contributed by atoms with Crippen LogP contribution in [0, 0.1) is 0 Å². The van der Waals surface area contributed by atoms with Gasteiger partial charge in [0.05, 0.1) is 30.3 Å². The lowest BCUT2D eigenvalue weighted by molar-refractivity contribution is -0.156. The summed E-state index contributed by atoms with van der Waals surface area (Å²) in [6.07, 6.45) is 0.179. The molecule has 3 aromatic rings. The second-order valence-electron chi connectivity index (χ2n) is 12.7. The number of nitrogens with one attached hydrogen (secondary N) is 1. The zero-order valence-corrected chi connectivity index (χ0v) is 28.1. The van der Waals surface area contributed by atoms with Crippen LogP contribution in [0.25, 0.3) is 0 Å². The molecule has 0 fully saturated rings. The first kappa shape index (κ1) is 35.8. The molecule has 3 atom stereocenters. The smallest absolute Gasteiger partial charge is 0.325 e. The van der Waals surface area contributed by atoms with E-state index in [4.69, 9.17) is 15.2 Å². The molecule has 0 aliphatic carbocycles. The van der Waals surface area contributed by atoms with Crippen molar-refractivity contribution in [3.05, 3.63) is 101 Å². The molecule has 1 aliphatic rings. The number of aryl methyl sites for hydroxylation is 1. The summed E-state index contributed by atoms with van der Waals surface area (Å²) in [6, 6.07) is 20.4. The van der Waals surface area contributed by atoms with E-state index in [1.807, 2.05) is 36.4 Å². The fourth-order valence-corrected chi connectivity index (χ4v) is 5.60. The third-order valence-electron chi connectivity index (χ3n) is 7.90. The lowest BCUT2D eigenvalue weighted by atomic mass is 9.95.